The monoisotopic (exact) mass is 319 g/mol. The molecule has 0 aliphatic carbocycles. The Morgan fingerprint density at radius 1 is 1.19 bits per heavy atom. The molecule has 0 aromatic heterocycles. The maximum Gasteiger partial charge on any atom is 0.309 e. The highest BCUT2D eigenvalue weighted by Crippen LogP contribution is 2.52. The number of hydrogen-bond donors (Lipinski definition) is 0. The quantitative estimate of drug-likeness (QED) is 0.672. The molecule has 0 unspecified atom stereocenters. The molecule has 0 aromatic carbocycles. The van der Waals surface area contributed by atoms with Crippen LogP contribution in [0.2, 0.25) is 0 Å². The average Bonchev–Trinajstić information content (AvgIpc) is 2.72. The van der Waals surface area contributed by atoms with Crippen LogP contribution in [0.5, 0.6) is 0 Å². The van der Waals surface area contributed by atoms with Crippen LogP contribution in [0.3, 0.4) is 0 Å². The fraction of sp³-hybridized carbons (Fsp3) is 0.857. The van der Waals surface area contributed by atoms with Gasteiger partial charge in [-0.2, -0.15) is 0 Å². The Labute approximate surface area is 129 Å². The molecule has 0 aromatic rings. The molecule has 1 heterocycles. The Morgan fingerprint density at radius 3 is 2.19 bits per heavy atom. The van der Waals surface area contributed by atoms with Gasteiger partial charge >= 0.3 is 7.59 Å². The van der Waals surface area contributed by atoms with E-state index in [1.807, 2.05) is 61.4 Å². The topological polar surface area (TPSA) is 45.3 Å². The van der Waals surface area contributed by atoms with Crippen LogP contribution >= 0.6 is 7.59 Å². The molecule has 0 saturated carbocycles. The molecule has 1 fully saturated rings. The Kier molecular flexibility index (Phi) is 6.44. The molecule has 1 rings (SSSR count). The molecule has 0 bridgehead atoms. The smallest absolute Gasteiger partial charge is 0.309 e. The van der Waals surface area contributed by atoms with E-state index < -0.39 is 13.4 Å². The van der Waals surface area contributed by atoms with Gasteiger partial charge in [0.25, 0.3) is 0 Å². The van der Waals surface area contributed by atoms with Gasteiger partial charge in [0.1, 0.15) is 0 Å². The summed E-state index contributed by atoms with van der Waals surface area (Å²) in [6.45, 7) is 4.51. The summed E-state index contributed by atoms with van der Waals surface area (Å²) < 4.78 is 29.5. The van der Waals surface area contributed by atoms with Crippen LogP contribution in [-0.4, -0.2) is 67.7 Å². The molecule has 1 aliphatic heterocycles. The summed E-state index contributed by atoms with van der Waals surface area (Å²) in [5.41, 5.74) is 0. The summed E-state index contributed by atoms with van der Waals surface area (Å²) in [6, 6.07) is 0. The first-order valence-corrected chi connectivity index (χ1v) is 8.83. The zero-order chi connectivity index (χ0) is 16.3. The molecule has 0 radical (unpaired) electrons. The Morgan fingerprint density at radius 2 is 1.76 bits per heavy atom. The zero-order valence-corrected chi connectivity index (χ0v) is 15.3. The van der Waals surface area contributed by atoms with Crippen molar-refractivity contribution in [2.45, 2.75) is 38.6 Å². The molecule has 1 aliphatic rings. The van der Waals surface area contributed by atoms with Crippen molar-refractivity contribution in [1.29, 1.82) is 0 Å². The van der Waals surface area contributed by atoms with Crippen molar-refractivity contribution in [3.8, 4) is 0 Å². The van der Waals surface area contributed by atoms with Crippen LogP contribution in [0.25, 0.3) is 0 Å². The van der Waals surface area contributed by atoms with Crippen LogP contribution in [0.15, 0.2) is 12.3 Å². The second-order valence-corrected chi connectivity index (χ2v) is 9.45. The van der Waals surface area contributed by atoms with Gasteiger partial charge in [-0.05, 0) is 54.9 Å². The van der Waals surface area contributed by atoms with E-state index in [0.717, 1.165) is 12.8 Å². The van der Waals surface area contributed by atoms with E-state index in [1.54, 1.807) is 14.0 Å². The Bertz CT molecular complexity index is 398. The SMILES string of the molecule is CN(C)P(=O)(N(C)C)N(C)/C=C/CC[C@@H]1COC(C)(C)O1. The van der Waals surface area contributed by atoms with Crippen molar-refractivity contribution in [3.63, 3.8) is 0 Å². The molecule has 0 spiro atoms. The van der Waals surface area contributed by atoms with Gasteiger partial charge in [0.05, 0.1) is 12.7 Å². The highest BCUT2D eigenvalue weighted by Gasteiger charge is 2.32. The minimum atomic E-state index is -2.68. The van der Waals surface area contributed by atoms with Crippen LogP contribution in [0.4, 0.5) is 0 Å². The van der Waals surface area contributed by atoms with E-state index in [4.69, 9.17) is 9.47 Å². The van der Waals surface area contributed by atoms with Gasteiger partial charge in [-0.15, -0.1) is 0 Å². The maximum absolute atomic E-state index is 12.9. The lowest BCUT2D eigenvalue weighted by Crippen LogP contribution is -2.29. The second-order valence-electron chi connectivity index (χ2n) is 6.19. The van der Waals surface area contributed by atoms with Crippen molar-refractivity contribution >= 4 is 7.59 Å². The van der Waals surface area contributed by atoms with Crippen molar-refractivity contribution in [2.24, 2.45) is 0 Å². The standard InChI is InChI=1S/C14H30N3O3P/c1-14(2)19-12-13(20-14)10-8-9-11-17(7)21(18,15(3)4)16(5)6/h9,11,13H,8,10,12H2,1-7H3/b11-9+/t13-/m1/s1. The average molecular weight is 319 g/mol. The lowest BCUT2D eigenvalue weighted by molar-refractivity contribution is -0.138. The van der Waals surface area contributed by atoms with Crippen molar-refractivity contribution in [1.82, 2.24) is 14.0 Å². The number of nitrogens with zero attached hydrogens (tertiary/aromatic N) is 3. The first kappa shape index (κ1) is 18.7. The number of rotatable bonds is 7. The van der Waals surface area contributed by atoms with E-state index >= 15 is 0 Å². The summed E-state index contributed by atoms with van der Waals surface area (Å²) in [5, 5.41) is 0. The molecule has 1 saturated heterocycles. The predicted octanol–water partition coefficient (Wildman–Crippen LogP) is 2.59. The largest absolute Gasteiger partial charge is 0.348 e. The first-order chi connectivity index (χ1) is 9.59. The summed E-state index contributed by atoms with van der Waals surface area (Å²) in [5.74, 6) is -0.462. The van der Waals surface area contributed by atoms with Crippen LogP contribution in [-0.2, 0) is 14.0 Å². The Hall–Kier alpha value is -0.390. The van der Waals surface area contributed by atoms with Crippen LogP contribution in [0, 0.1) is 0 Å². The number of ether oxygens (including phenoxy) is 2. The van der Waals surface area contributed by atoms with Gasteiger partial charge in [-0.3, -0.25) is 4.57 Å². The molecule has 0 amide bonds. The second kappa shape index (κ2) is 7.25. The molecular formula is C14H30N3O3P. The lowest BCUT2D eigenvalue weighted by Gasteiger charge is -2.36. The van der Waals surface area contributed by atoms with Gasteiger partial charge in [0.2, 0.25) is 0 Å². The molecule has 124 valence electrons. The van der Waals surface area contributed by atoms with E-state index in [1.165, 1.54) is 0 Å². The molecule has 7 heteroatoms. The minimum Gasteiger partial charge on any atom is -0.348 e. The lowest BCUT2D eigenvalue weighted by atomic mass is 10.2. The van der Waals surface area contributed by atoms with E-state index in [2.05, 4.69) is 0 Å². The van der Waals surface area contributed by atoms with Crippen molar-refractivity contribution in [2.75, 3.05) is 41.8 Å². The molecule has 6 nitrogen and oxygen atoms in total. The third-order valence-electron chi connectivity index (χ3n) is 3.50. The summed E-state index contributed by atoms with van der Waals surface area (Å²) in [4.78, 5) is 0. The van der Waals surface area contributed by atoms with Gasteiger partial charge < -0.3 is 14.1 Å². The van der Waals surface area contributed by atoms with Crippen molar-refractivity contribution in [3.05, 3.63) is 12.3 Å². The maximum atomic E-state index is 12.9. The highest BCUT2D eigenvalue weighted by molar-refractivity contribution is 7.56. The molecule has 21 heavy (non-hydrogen) atoms. The molecule has 1 atom stereocenters. The van der Waals surface area contributed by atoms with Crippen LogP contribution in [0.1, 0.15) is 26.7 Å². The Balaban J connectivity index is 2.48. The normalized spacial score (nSPS) is 22.6. The number of allylic oxidation sites excluding steroid dienone is 1. The summed E-state index contributed by atoms with van der Waals surface area (Å²) in [6.07, 6.45) is 5.84. The van der Waals surface area contributed by atoms with Crippen molar-refractivity contribution < 1.29 is 14.0 Å². The minimum absolute atomic E-state index is 0.143. The van der Waals surface area contributed by atoms with Crippen LogP contribution < -0.4 is 0 Å². The number of hydrogen-bond acceptors (Lipinski definition) is 3. The van der Waals surface area contributed by atoms with Gasteiger partial charge in [-0.25, -0.2) is 9.34 Å². The highest BCUT2D eigenvalue weighted by atomic mass is 31.2. The third kappa shape index (κ3) is 4.80. The summed E-state index contributed by atoms with van der Waals surface area (Å²) >= 11 is 0. The van der Waals surface area contributed by atoms with Gasteiger partial charge in [-0.1, -0.05) is 6.08 Å². The molecular weight excluding hydrogens is 289 g/mol. The van der Waals surface area contributed by atoms with E-state index in [-0.39, 0.29) is 6.10 Å². The third-order valence-corrected chi connectivity index (χ3v) is 6.54. The van der Waals surface area contributed by atoms with E-state index in [0.29, 0.717) is 6.61 Å². The van der Waals surface area contributed by atoms with Gasteiger partial charge in [0.15, 0.2) is 5.79 Å². The first-order valence-electron chi connectivity index (χ1n) is 7.27. The zero-order valence-electron chi connectivity index (χ0n) is 14.4. The fourth-order valence-corrected chi connectivity index (χ4v) is 4.54. The fourth-order valence-electron chi connectivity index (χ4n) is 2.42. The summed E-state index contributed by atoms with van der Waals surface area (Å²) in [7, 11) is 6.48. The van der Waals surface area contributed by atoms with Gasteiger partial charge in [0, 0.05) is 13.2 Å². The van der Waals surface area contributed by atoms with E-state index in [9.17, 15) is 4.57 Å². The predicted molar refractivity (Wildman–Crippen MR) is 86.0 cm³/mol. The molecule has 0 N–H and O–H groups in total.